The highest BCUT2D eigenvalue weighted by Crippen LogP contribution is 2.19. The van der Waals surface area contributed by atoms with Crippen LogP contribution in [0.5, 0.6) is 0 Å². The zero-order valence-corrected chi connectivity index (χ0v) is 17.8. The first-order valence-electron chi connectivity index (χ1n) is 9.47. The van der Waals surface area contributed by atoms with Crippen molar-refractivity contribution < 1.29 is 13.2 Å². The van der Waals surface area contributed by atoms with Crippen LogP contribution in [-0.4, -0.2) is 45.4 Å². The van der Waals surface area contributed by atoms with E-state index in [1.54, 1.807) is 25.1 Å². The molecule has 0 bridgehead atoms. The van der Waals surface area contributed by atoms with Crippen LogP contribution in [0, 0.1) is 13.8 Å². The summed E-state index contributed by atoms with van der Waals surface area (Å²) in [6.07, 6.45) is 0. The minimum Gasteiger partial charge on any atom is -0.351 e. The molecule has 0 saturated heterocycles. The lowest BCUT2D eigenvalue weighted by Crippen LogP contribution is -2.35. The lowest BCUT2D eigenvalue weighted by atomic mass is 10.1. The predicted octanol–water partition coefficient (Wildman–Crippen LogP) is 3.18. The van der Waals surface area contributed by atoms with Gasteiger partial charge < -0.3 is 10.2 Å². The second-order valence-electron chi connectivity index (χ2n) is 6.73. The van der Waals surface area contributed by atoms with Crippen LogP contribution in [0.3, 0.4) is 0 Å². The second-order valence-corrected chi connectivity index (χ2v) is 8.41. The number of carbonyl (C=O) groups is 1. The Morgan fingerprint density at radius 1 is 1.00 bits per heavy atom. The number of hydrogen-bond acceptors (Lipinski definition) is 4. The van der Waals surface area contributed by atoms with E-state index in [4.69, 9.17) is 0 Å². The van der Waals surface area contributed by atoms with Crippen molar-refractivity contribution in [2.24, 2.45) is 0 Å². The van der Waals surface area contributed by atoms with Crippen LogP contribution in [0.2, 0.25) is 0 Å². The molecule has 6 nitrogen and oxygen atoms in total. The number of rotatable bonds is 9. The van der Waals surface area contributed by atoms with Gasteiger partial charge in [-0.2, -0.15) is 0 Å². The first kappa shape index (κ1) is 21.9. The molecule has 7 heteroatoms. The molecule has 2 rings (SSSR count). The van der Waals surface area contributed by atoms with E-state index in [0.717, 1.165) is 30.8 Å². The highest BCUT2D eigenvalue weighted by molar-refractivity contribution is 7.92. The van der Waals surface area contributed by atoms with Crippen LogP contribution in [-0.2, 0) is 10.0 Å². The highest BCUT2D eigenvalue weighted by atomic mass is 32.2. The van der Waals surface area contributed by atoms with Crippen LogP contribution in [0.1, 0.15) is 35.3 Å². The lowest BCUT2D eigenvalue weighted by Gasteiger charge is -2.18. The fourth-order valence-corrected chi connectivity index (χ4v) is 3.90. The molecule has 0 saturated carbocycles. The molecule has 0 spiro atoms. The molecule has 0 radical (unpaired) electrons. The largest absolute Gasteiger partial charge is 0.351 e. The quantitative estimate of drug-likeness (QED) is 0.674. The summed E-state index contributed by atoms with van der Waals surface area (Å²) in [6.45, 7) is 11.0. The molecule has 0 aromatic heterocycles. The summed E-state index contributed by atoms with van der Waals surface area (Å²) < 4.78 is 28.0. The minimum atomic E-state index is -3.78. The van der Waals surface area contributed by atoms with Crippen molar-refractivity contribution in [3.8, 4) is 0 Å². The van der Waals surface area contributed by atoms with Crippen molar-refractivity contribution in [3.63, 3.8) is 0 Å². The van der Waals surface area contributed by atoms with E-state index in [1.807, 2.05) is 19.1 Å². The number of nitrogens with one attached hydrogen (secondary N) is 2. The number of benzene rings is 2. The Morgan fingerprint density at radius 2 is 1.64 bits per heavy atom. The fraction of sp³-hybridized carbons (Fsp3) is 0.381. The number of hydrogen-bond donors (Lipinski definition) is 2. The van der Waals surface area contributed by atoms with Gasteiger partial charge in [-0.15, -0.1) is 0 Å². The van der Waals surface area contributed by atoms with Gasteiger partial charge in [0.1, 0.15) is 0 Å². The molecular weight excluding hydrogens is 374 g/mol. The molecule has 152 valence electrons. The number of aryl methyl sites for hydroxylation is 2. The SMILES string of the molecule is CCN(CC)CCNC(=O)c1cc(S(=O)(=O)Nc2ccc(C)cc2)ccc1C. The number of nitrogens with zero attached hydrogens (tertiary/aromatic N) is 1. The predicted molar refractivity (Wildman–Crippen MR) is 113 cm³/mol. The van der Waals surface area contributed by atoms with E-state index in [0.29, 0.717) is 17.8 Å². The van der Waals surface area contributed by atoms with Crippen molar-refractivity contribution in [2.75, 3.05) is 30.9 Å². The van der Waals surface area contributed by atoms with Crippen molar-refractivity contribution in [2.45, 2.75) is 32.6 Å². The molecular formula is C21H29N3O3S. The van der Waals surface area contributed by atoms with E-state index in [9.17, 15) is 13.2 Å². The molecule has 1 amide bonds. The summed E-state index contributed by atoms with van der Waals surface area (Å²) >= 11 is 0. The summed E-state index contributed by atoms with van der Waals surface area (Å²) in [4.78, 5) is 14.8. The van der Waals surface area contributed by atoms with Crippen molar-refractivity contribution in [1.82, 2.24) is 10.2 Å². The first-order valence-corrected chi connectivity index (χ1v) is 11.0. The standard InChI is InChI=1S/C21H29N3O3S/c1-5-24(6-2)14-13-22-21(25)20-15-19(12-9-17(20)4)28(26,27)23-18-10-7-16(3)8-11-18/h7-12,15,23H,5-6,13-14H2,1-4H3,(H,22,25). The molecule has 0 aliphatic rings. The second kappa shape index (κ2) is 9.71. The van der Waals surface area contributed by atoms with Gasteiger partial charge in [-0.1, -0.05) is 37.6 Å². The topological polar surface area (TPSA) is 78.5 Å². The molecule has 0 aliphatic carbocycles. The van der Waals surface area contributed by atoms with Gasteiger partial charge in [0, 0.05) is 24.3 Å². The number of amides is 1. The Labute approximate surface area is 168 Å². The smallest absolute Gasteiger partial charge is 0.261 e. The molecule has 2 N–H and O–H groups in total. The first-order chi connectivity index (χ1) is 13.3. The Hall–Kier alpha value is -2.38. The maximum absolute atomic E-state index is 12.7. The van der Waals surface area contributed by atoms with Gasteiger partial charge in [0.15, 0.2) is 0 Å². The number of likely N-dealkylation sites (N-methyl/N-ethyl adjacent to an activating group) is 1. The maximum atomic E-state index is 12.7. The molecule has 0 aliphatic heterocycles. The van der Waals surface area contributed by atoms with Crippen LogP contribution in [0.15, 0.2) is 47.4 Å². The molecule has 2 aromatic rings. The minimum absolute atomic E-state index is 0.0626. The third-order valence-corrected chi connectivity index (χ3v) is 6.05. The van der Waals surface area contributed by atoms with Gasteiger partial charge >= 0.3 is 0 Å². The third kappa shape index (κ3) is 5.81. The Morgan fingerprint density at radius 3 is 2.25 bits per heavy atom. The fourth-order valence-electron chi connectivity index (χ4n) is 2.81. The average Bonchev–Trinajstić information content (AvgIpc) is 2.67. The van der Waals surface area contributed by atoms with E-state index < -0.39 is 10.0 Å². The van der Waals surface area contributed by atoms with Crippen molar-refractivity contribution in [1.29, 1.82) is 0 Å². The average molecular weight is 404 g/mol. The molecule has 0 unspecified atom stereocenters. The van der Waals surface area contributed by atoms with Gasteiger partial charge in [0.05, 0.1) is 4.90 Å². The van der Waals surface area contributed by atoms with E-state index in [1.165, 1.54) is 12.1 Å². The highest BCUT2D eigenvalue weighted by Gasteiger charge is 2.18. The van der Waals surface area contributed by atoms with Gasteiger partial charge in [-0.3, -0.25) is 9.52 Å². The summed E-state index contributed by atoms with van der Waals surface area (Å²) in [5.41, 5.74) is 2.62. The van der Waals surface area contributed by atoms with Crippen LogP contribution < -0.4 is 10.0 Å². The van der Waals surface area contributed by atoms with Crippen LogP contribution in [0.4, 0.5) is 5.69 Å². The normalized spacial score (nSPS) is 11.5. The molecule has 2 aromatic carbocycles. The number of carbonyl (C=O) groups excluding carboxylic acids is 1. The summed E-state index contributed by atoms with van der Waals surface area (Å²) in [7, 11) is -3.78. The van der Waals surface area contributed by atoms with E-state index >= 15 is 0 Å². The Balaban J connectivity index is 2.14. The summed E-state index contributed by atoms with van der Waals surface area (Å²) in [5.74, 6) is -0.267. The molecule has 0 heterocycles. The molecule has 28 heavy (non-hydrogen) atoms. The number of anilines is 1. The Kier molecular flexibility index (Phi) is 7.60. The maximum Gasteiger partial charge on any atom is 0.261 e. The van der Waals surface area contributed by atoms with Crippen molar-refractivity contribution >= 4 is 21.6 Å². The van der Waals surface area contributed by atoms with E-state index in [2.05, 4.69) is 28.8 Å². The lowest BCUT2D eigenvalue weighted by molar-refractivity contribution is 0.0948. The molecule has 0 atom stereocenters. The van der Waals surface area contributed by atoms with Crippen LogP contribution in [0.25, 0.3) is 0 Å². The zero-order chi connectivity index (χ0) is 20.7. The van der Waals surface area contributed by atoms with Gasteiger partial charge in [0.2, 0.25) is 0 Å². The monoisotopic (exact) mass is 403 g/mol. The summed E-state index contributed by atoms with van der Waals surface area (Å²) in [6, 6.07) is 11.7. The van der Waals surface area contributed by atoms with Crippen LogP contribution >= 0.6 is 0 Å². The number of sulfonamides is 1. The summed E-state index contributed by atoms with van der Waals surface area (Å²) in [5, 5.41) is 2.88. The van der Waals surface area contributed by atoms with Gasteiger partial charge in [-0.25, -0.2) is 8.42 Å². The molecule has 0 fully saturated rings. The Bertz CT molecular complexity index is 905. The third-order valence-electron chi connectivity index (χ3n) is 4.68. The van der Waals surface area contributed by atoms with Gasteiger partial charge in [0.25, 0.3) is 15.9 Å². The van der Waals surface area contributed by atoms with Gasteiger partial charge in [-0.05, 0) is 56.8 Å². The van der Waals surface area contributed by atoms with E-state index in [-0.39, 0.29) is 10.8 Å². The zero-order valence-electron chi connectivity index (χ0n) is 17.0. The van der Waals surface area contributed by atoms with Crippen molar-refractivity contribution in [3.05, 3.63) is 59.2 Å².